The molecule has 0 spiro atoms. The van der Waals surface area contributed by atoms with E-state index in [4.69, 9.17) is 0 Å². The fraction of sp³-hybridized carbons (Fsp3) is 0.938. The number of amides is 1. The van der Waals surface area contributed by atoms with Gasteiger partial charge in [-0.1, -0.05) is 19.3 Å². The molecule has 1 aliphatic heterocycles. The Morgan fingerprint density at radius 1 is 1.14 bits per heavy atom. The van der Waals surface area contributed by atoms with E-state index in [9.17, 15) is 4.79 Å². The molecular weight excluding hydrogens is 321 g/mol. The number of hydrogen-bond acceptors (Lipinski definition) is 3. The quantitative estimate of drug-likeness (QED) is 0.797. The van der Waals surface area contributed by atoms with Crippen LogP contribution in [-0.4, -0.2) is 50.6 Å². The van der Waals surface area contributed by atoms with Crippen LogP contribution in [-0.2, 0) is 4.79 Å². The summed E-state index contributed by atoms with van der Waals surface area (Å²) in [5.41, 5.74) is 0. The van der Waals surface area contributed by atoms with Crippen molar-refractivity contribution in [2.45, 2.75) is 51.0 Å². The van der Waals surface area contributed by atoms with Gasteiger partial charge in [0, 0.05) is 19.1 Å². The maximum absolute atomic E-state index is 12.2. The molecule has 0 aromatic rings. The highest BCUT2D eigenvalue weighted by Gasteiger charge is 2.27. The van der Waals surface area contributed by atoms with Crippen molar-refractivity contribution in [2.24, 2.45) is 11.8 Å². The van der Waals surface area contributed by atoms with Gasteiger partial charge in [0.25, 0.3) is 0 Å². The molecule has 1 aliphatic carbocycles. The Bertz CT molecular complexity index is 304. The molecule has 132 valence electrons. The van der Waals surface area contributed by atoms with Gasteiger partial charge in [0.2, 0.25) is 5.91 Å². The maximum atomic E-state index is 12.2. The number of likely N-dealkylation sites (N-methyl/N-ethyl adjacent to an activating group) is 1. The van der Waals surface area contributed by atoms with Gasteiger partial charge in [0.1, 0.15) is 0 Å². The third-order valence-electron chi connectivity index (χ3n) is 5.01. The first-order valence-electron chi connectivity index (χ1n) is 8.33. The van der Waals surface area contributed by atoms with Crippen LogP contribution in [0.3, 0.4) is 0 Å². The van der Waals surface area contributed by atoms with Crippen molar-refractivity contribution < 1.29 is 4.79 Å². The van der Waals surface area contributed by atoms with Crippen molar-refractivity contribution in [3.63, 3.8) is 0 Å². The molecule has 2 fully saturated rings. The minimum Gasteiger partial charge on any atom is -0.354 e. The number of nitrogens with one attached hydrogen (secondary N) is 2. The van der Waals surface area contributed by atoms with Crippen molar-refractivity contribution in [1.29, 1.82) is 0 Å². The summed E-state index contributed by atoms with van der Waals surface area (Å²) in [6.45, 7) is 2.72. The SMILES string of the molecule is CN(C)C(CNC(=O)C1CCCNC1)C1CCCCC1.Cl.Cl. The molecule has 2 unspecified atom stereocenters. The van der Waals surface area contributed by atoms with Crippen molar-refractivity contribution >= 4 is 30.7 Å². The average Bonchev–Trinajstić information content (AvgIpc) is 2.49. The first kappa shape index (κ1) is 22.0. The number of carbonyl (C=O) groups is 1. The fourth-order valence-corrected chi connectivity index (χ4v) is 3.71. The maximum Gasteiger partial charge on any atom is 0.224 e. The van der Waals surface area contributed by atoms with Gasteiger partial charge in [0.05, 0.1) is 5.92 Å². The molecule has 6 heteroatoms. The average molecular weight is 354 g/mol. The predicted octanol–water partition coefficient (Wildman–Crippen LogP) is 2.46. The zero-order chi connectivity index (χ0) is 14.4. The molecule has 2 N–H and O–H groups in total. The van der Waals surface area contributed by atoms with Crippen LogP contribution in [0.4, 0.5) is 0 Å². The lowest BCUT2D eigenvalue weighted by Gasteiger charge is -2.35. The van der Waals surface area contributed by atoms with E-state index in [0.717, 1.165) is 38.4 Å². The van der Waals surface area contributed by atoms with Crippen LogP contribution in [0.5, 0.6) is 0 Å². The lowest BCUT2D eigenvalue weighted by Crippen LogP contribution is -2.48. The summed E-state index contributed by atoms with van der Waals surface area (Å²) >= 11 is 0. The molecule has 1 heterocycles. The summed E-state index contributed by atoms with van der Waals surface area (Å²) in [5.74, 6) is 1.18. The molecule has 2 aliphatic rings. The minimum atomic E-state index is 0. The van der Waals surface area contributed by atoms with E-state index < -0.39 is 0 Å². The Morgan fingerprint density at radius 2 is 1.82 bits per heavy atom. The van der Waals surface area contributed by atoms with E-state index in [2.05, 4.69) is 29.6 Å². The van der Waals surface area contributed by atoms with Gasteiger partial charge in [0.15, 0.2) is 0 Å². The summed E-state index contributed by atoms with van der Waals surface area (Å²) in [6, 6.07) is 0.496. The summed E-state index contributed by atoms with van der Waals surface area (Å²) < 4.78 is 0. The topological polar surface area (TPSA) is 44.4 Å². The lowest BCUT2D eigenvalue weighted by molar-refractivity contribution is -0.125. The largest absolute Gasteiger partial charge is 0.354 e. The summed E-state index contributed by atoms with van der Waals surface area (Å²) in [5, 5.41) is 6.53. The van der Waals surface area contributed by atoms with Crippen molar-refractivity contribution in [2.75, 3.05) is 33.7 Å². The monoisotopic (exact) mass is 353 g/mol. The zero-order valence-corrected chi connectivity index (χ0v) is 15.6. The van der Waals surface area contributed by atoms with Gasteiger partial charge in [-0.15, -0.1) is 24.8 Å². The summed E-state index contributed by atoms with van der Waals surface area (Å²) in [7, 11) is 4.29. The molecule has 2 rings (SSSR count). The third kappa shape index (κ3) is 6.61. The Balaban J connectivity index is 0.00000220. The smallest absolute Gasteiger partial charge is 0.224 e. The molecule has 22 heavy (non-hydrogen) atoms. The standard InChI is InChI=1S/C16H31N3O.2ClH/c1-19(2)15(13-7-4-3-5-8-13)12-18-16(20)14-9-6-10-17-11-14;;/h13-15,17H,3-12H2,1-2H3,(H,18,20);2*1H. The zero-order valence-electron chi connectivity index (χ0n) is 14.0. The van der Waals surface area contributed by atoms with E-state index in [-0.39, 0.29) is 36.6 Å². The normalized spacial score (nSPS) is 24.0. The first-order valence-corrected chi connectivity index (χ1v) is 8.33. The van der Waals surface area contributed by atoms with Crippen LogP contribution in [0, 0.1) is 11.8 Å². The van der Waals surface area contributed by atoms with Crippen LogP contribution >= 0.6 is 24.8 Å². The number of carbonyl (C=O) groups excluding carboxylic acids is 1. The second-order valence-electron chi connectivity index (χ2n) is 6.72. The molecule has 0 aromatic carbocycles. The van der Waals surface area contributed by atoms with Crippen molar-refractivity contribution in [3.05, 3.63) is 0 Å². The Kier molecular flexibility index (Phi) is 11.5. The van der Waals surface area contributed by atoms with Crippen LogP contribution in [0.25, 0.3) is 0 Å². The van der Waals surface area contributed by atoms with Crippen LogP contribution in [0.2, 0.25) is 0 Å². The van der Waals surface area contributed by atoms with Crippen LogP contribution < -0.4 is 10.6 Å². The molecule has 1 saturated carbocycles. The number of hydrogen-bond donors (Lipinski definition) is 2. The predicted molar refractivity (Wildman–Crippen MR) is 97.1 cm³/mol. The highest BCUT2D eigenvalue weighted by molar-refractivity contribution is 5.85. The van der Waals surface area contributed by atoms with Gasteiger partial charge in [-0.25, -0.2) is 0 Å². The van der Waals surface area contributed by atoms with Crippen molar-refractivity contribution in [1.82, 2.24) is 15.5 Å². The molecular formula is C16H33Cl2N3O. The van der Waals surface area contributed by atoms with E-state index in [1.807, 2.05) is 0 Å². The minimum absolute atomic E-state index is 0. The molecule has 1 amide bonds. The molecule has 0 bridgehead atoms. The van der Waals surface area contributed by atoms with E-state index in [1.54, 1.807) is 0 Å². The van der Waals surface area contributed by atoms with E-state index in [1.165, 1.54) is 32.1 Å². The van der Waals surface area contributed by atoms with Gasteiger partial charge in [-0.05, 0) is 52.2 Å². The summed E-state index contributed by atoms with van der Waals surface area (Å²) in [4.78, 5) is 14.5. The second kappa shape index (κ2) is 11.5. The number of nitrogens with zero attached hydrogens (tertiary/aromatic N) is 1. The Hall–Kier alpha value is -0.0300. The number of rotatable bonds is 5. The van der Waals surface area contributed by atoms with Gasteiger partial charge < -0.3 is 15.5 Å². The highest BCUT2D eigenvalue weighted by Crippen LogP contribution is 2.28. The van der Waals surface area contributed by atoms with Gasteiger partial charge >= 0.3 is 0 Å². The highest BCUT2D eigenvalue weighted by atomic mass is 35.5. The number of piperidine rings is 1. The van der Waals surface area contributed by atoms with Crippen LogP contribution in [0.1, 0.15) is 44.9 Å². The fourth-order valence-electron chi connectivity index (χ4n) is 3.71. The first-order chi connectivity index (χ1) is 9.68. The Labute approximate surface area is 148 Å². The number of halogens is 2. The van der Waals surface area contributed by atoms with E-state index in [0.29, 0.717) is 6.04 Å². The van der Waals surface area contributed by atoms with Crippen molar-refractivity contribution in [3.8, 4) is 0 Å². The molecule has 4 nitrogen and oxygen atoms in total. The Morgan fingerprint density at radius 3 is 2.36 bits per heavy atom. The van der Waals surface area contributed by atoms with Gasteiger partial charge in [-0.3, -0.25) is 4.79 Å². The molecule has 0 radical (unpaired) electrons. The van der Waals surface area contributed by atoms with Gasteiger partial charge in [-0.2, -0.15) is 0 Å². The molecule has 1 saturated heterocycles. The third-order valence-corrected chi connectivity index (χ3v) is 5.01. The molecule has 2 atom stereocenters. The van der Waals surface area contributed by atoms with E-state index >= 15 is 0 Å². The lowest BCUT2D eigenvalue weighted by atomic mass is 9.83. The molecule has 0 aromatic heterocycles. The van der Waals surface area contributed by atoms with Crippen LogP contribution in [0.15, 0.2) is 0 Å². The second-order valence-corrected chi connectivity index (χ2v) is 6.72. The summed E-state index contributed by atoms with van der Waals surface area (Å²) in [6.07, 6.45) is 8.90.